The first-order valence-corrected chi connectivity index (χ1v) is 6.15. The van der Waals surface area contributed by atoms with Gasteiger partial charge in [0.25, 0.3) is 0 Å². The highest BCUT2D eigenvalue weighted by Crippen LogP contribution is 2.62. The molecule has 2 N–H and O–H groups in total. The molecule has 1 heterocycles. The van der Waals surface area contributed by atoms with E-state index in [9.17, 15) is 4.79 Å². The number of fused-ring (bicyclic) bond motifs is 1. The number of rotatable bonds is 2. The van der Waals surface area contributed by atoms with Gasteiger partial charge in [-0.1, -0.05) is 22.9 Å². The molecule has 4 heteroatoms. The maximum Gasteiger partial charge on any atom is 0.234 e. The number of primary amides is 1. The third kappa shape index (κ3) is 1.10. The first-order chi connectivity index (χ1) is 6.53. The molecule has 1 saturated heterocycles. The lowest BCUT2D eigenvalue weighted by atomic mass is 10.0. The lowest BCUT2D eigenvalue weighted by Gasteiger charge is -2.24. The van der Waals surface area contributed by atoms with E-state index in [1.807, 2.05) is 0 Å². The van der Waals surface area contributed by atoms with E-state index in [1.165, 1.54) is 12.8 Å². The molecule has 0 bridgehead atoms. The molecular formula is C10H15BrN2O. The molecule has 2 aliphatic carbocycles. The number of hydrogen-bond acceptors (Lipinski definition) is 2. The lowest BCUT2D eigenvalue weighted by Crippen LogP contribution is -2.44. The average molecular weight is 259 g/mol. The Balaban J connectivity index is 1.82. The normalized spacial score (nSPS) is 55.6. The van der Waals surface area contributed by atoms with Gasteiger partial charge in [0.15, 0.2) is 0 Å². The van der Waals surface area contributed by atoms with E-state index >= 15 is 0 Å². The third-order valence-electron chi connectivity index (χ3n) is 4.08. The third-order valence-corrected chi connectivity index (χ3v) is 5.06. The Labute approximate surface area is 92.1 Å². The molecule has 2 saturated carbocycles. The van der Waals surface area contributed by atoms with Crippen LogP contribution in [0, 0.1) is 5.41 Å². The van der Waals surface area contributed by atoms with Crippen molar-refractivity contribution in [1.82, 2.24) is 4.90 Å². The zero-order valence-corrected chi connectivity index (χ0v) is 9.83. The van der Waals surface area contributed by atoms with E-state index in [0.29, 0.717) is 22.3 Å². The summed E-state index contributed by atoms with van der Waals surface area (Å²) in [5, 5.41) is 0. The van der Waals surface area contributed by atoms with Crippen LogP contribution in [0.25, 0.3) is 0 Å². The fourth-order valence-electron chi connectivity index (χ4n) is 3.00. The van der Waals surface area contributed by atoms with Crippen molar-refractivity contribution >= 4 is 21.8 Å². The number of halogens is 1. The number of amides is 1. The maximum atomic E-state index is 11.3. The molecular weight excluding hydrogens is 244 g/mol. The zero-order valence-electron chi connectivity index (χ0n) is 8.24. The predicted molar refractivity (Wildman–Crippen MR) is 57.1 cm³/mol. The van der Waals surface area contributed by atoms with E-state index < -0.39 is 0 Å². The van der Waals surface area contributed by atoms with Gasteiger partial charge in [-0.25, -0.2) is 0 Å². The number of piperidine rings is 1. The highest BCUT2D eigenvalue weighted by Gasteiger charge is 2.66. The number of nitrogens with zero attached hydrogens (tertiary/aromatic N) is 1. The number of likely N-dealkylation sites (tertiary alicyclic amines) is 1. The quantitative estimate of drug-likeness (QED) is 0.748. The lowest BCUT2D eigenvalue weighted by molar-refractivity contribution is -0.123. The van der Waals surface area contributed by atoms with E-state index in [-0.39, 0.29) is 11.9 Å². The Morgan fingerprint density at radius 1 is 1.57 bits per heavy atom. The zero-order chi connectivity index (χ0) is 10.1. The van der Waals surface area contributed by atoms with Crippen LogP contribution in [0.5, 0.6) is 0 Å². The van der Waals surface area contributed by atoms with Gasteiger partial charge in [-0.05, 0) is 24.7 Å². The Hall–Kier alpha value is -0.0900. The smallest absolute Gasteiger partial charge is 0.234 e. The minimum Gasteiger partial charge on any atom is -0.368 e. The molecule has 3 aliphatic rings. The number of carbonyl (C=O) groups excluding carboxylic acids is 1. The summed E-state index contributed by atoms with van der Waals surface area (Å²) in [6.45, 7) is 2.28. The topological polar surface area (TPSA) is 46.3 Å². The first kappa shape index (κ1) is 9.16. The number of nitrogens with two attached hydrogens (primary N) is 1. The van der Waals surface area contributed by atoms with Crippen LogP contribution in [0.4, 0.5) is 0 Å². The van der Waals surface area contributed by atoms with Crippen molar-refractivity contribution in [3.05, 3.63) is 0 Å². The van der Waals surface area contributed by atoms with Gasteiger partial charge in [0.05, 0.1) is 6.04 Å². The molecule has 3 nitrogen and oxygen atoms in total. The van der Waals surface area contributed by atoms with E-state index in [4.69, 9.17) is 5.73 Å². The molecule has 5 unspecified atom stereocenters. The molecule has 14 heavy (non-hydrogen) atoms. The van der Waals surface area contributed by atoms with Crippen LogP contribution in [0.1, 0.15) is 26.2 Å². The van der Waals surface area contributed by atoms with E-state index in [2.05, 4.69) is 27.8 Å². The molecule has 1 amide bonds. The van der Waals surface area contributed by atoms with Gasteiger partial charge in [-0.15, -0.1) is 0 Å². The fraction of sp³-hybridized carbons (Fsp3) is 0.900. The molecule has 0 aromatic carbocycles. The van der Waals surface area contributed by atoms with Crippen LogP contribution in [0.15, 0.2) is 0 Å². The summed E-state index contributed by atoms with van der Waals surface area (Å²) < 4.78 is 0. The second-order valence-electron chi connectivity index (χ2n) is 5.26. The van der Waals surface area contributed by atoms with Gasteiger partial charge >= 0.3 is 0 Å². The highest BCUT2D eigenvalue weighted by molar-refractivity contribution is 9.09. The first-order valence-electron chi connectivity index (χ1n) is 5.24. The average Bonchev–Trinajstić information content (AvgIpc) is 2.93. The summed E-state index contributed by atoms with van der Waals surface area (Å²) >= 11 is 3.60. The second kappa shape index (κ2) is 2.53. The highest BCUT2D eigenvalue weighted by atomic mass is 79.9. The monoisotopic (exact) mass is 258 g/mol. The van der Waals surface area contributed by atoms with Gasteiger partial charge in [-0.3, -0.25) is 9.69 Å². The van der Waals surface area contributed by atoms with Gasteiger partial charge in [0.1, 0.15) is 0 Å². The number of hydrogen-bond donors (Lipinski definition) is 1. The summed E-state index contributed by atoms with van der Waals surface area (Å²) in [6, 6.07) is 1.21. The maximum absolute atomic E-state index is 11.3. The van der Waals surface area contributed by atoms with Crippen LogP contribution in [0.2, 0.25) is 0 Å². The van der Waals surface area contributed by atoms with Crippen molar-refractivity contribution in [1.29, 1.82) is 0 Å². The largest absolute Gasteiger partial charge is 0.368 e. The minimum absolute atomic E-state index is 0.00583. The number of carbonyl (C=O) groups is 1. The minimum atomic E-state index is -0.134. The SMILES string of the molecule is CC12CC(C(N)=O)N(C3CC3Br)C1C2. The van der Waals surface area contributed by atoms with E-state index in [1.54, 1.807) is 0 Å². The molecule has 0 spiro atoms. The Bertz CT molecular complexity index is 308. The molecule has 3 fully saturated rings. The summed E-state index contributed by atoms with van der Waals surface area (Å²) in [5.41, 5.74) is 5.84. The van der Waals surface area contributed by atoms with Crippen LogP contribution in [-0.2, 0) is 4.79 Å². The van der Waals surface area contributed by atoms with Crippen molar-refractivity contribution in [2.45, 2.75) is 49.1 Å². The van der Waals surface area contributed by atoms with Crippen molar-refractivity contribution in [3.63, 3.8) is 0 Å². The Kier molecular flexibility index (Phi) is 1.65. The van der Waals surface area contributed by atoms with Gasteiger partial charge in [0.2, 0.25) is 5.91 Å². The molecule has 0 aromatic rings. The molecule has 3 rings (SSSR count). The van der Waals surface area contributed by atoms with E-state index in [0.717, 1.165) is 6.42 Å². The number of alkyl halides is 1. The summed E-state index contributed by atoms with van der Waals surface area (Å²) in [6.07, 6.45) is 3.41. The van der Waals surface area contributed by atoms with Crippen LogP contribution >= 0.6 is 15.9 Å². The fourth-order valence-corrected chi connectivity index (χ4v) is 3.66. The molecule has 0 aromatic heterocycles. The van der Waals surface area contributed by atoms with Crippen LogP contribution in [0.3, 0.4) is 0 Å². The van der Waals surface area contributed by atoms with Crippen molar-refractivity contribution < 1.29 is 4.79 Å². The summed E-state index contributed by atoms with van der Waals surface area (Å²) in [4.78, 5) is 14.3. The summed E-state index contributed by atoms with van der Waals surface area (Å²) in [7, 11) is 0. The predicted octanol–water partition coefficient (Wildman–Crippen LogP) is 0.860. The molecule has 0 radical (unpaired) electrons. The van der Waals surface area contributed by atoms with Gasteiger partial charge in [-0.2, -0.15) is 0 Å². The van der Waals surface area contributed by atoms with Crippen LogP contribution in [-0.4, -0.2) is 33.8 Å². The standard InChI is InChI=1S/C10H15BrN2O/c1-10-3-7(9(12)14)13(8(10)4-10)6-2-5(6)11/h5-8H,2-4H2,1H3,(H2,12,14). The second-order valence-corrected chi connectivity index (χ2v) is 6.44. The van der Waals surface area contributed by atoms with Gasteiger partial charge < -0.3 is 5.73 Å². The molecule has 78 valence electrons. The van der Waals surface area contributed by atoms with Crippen molar-refractivity contribution in [2.75, 3.05) is 0 Å². The van der Waals surface area contributed by atoms with Crippen molar-refractivity contribution in [3.8, 4) is 0 Å². The van der Waals surface area contributed by atoms with Gasteiger partial charge in [0, 0.05) is 16.9 Å². The molecule has 1 aliphatic heterocycles. The molecule has 5 atom stereocenters. The Morgan fingerprint density at radius 2 is 2.21 bits per heavy atom. The Morgan fingerprint density at radius 3 is 2.71 bits per heavy atom. The van der Waals surface area contributed by atoms with Crippen molar-refractivity contribution in [2.24, 2.45) is 11.1 Å². The summed E-state index contributed by atoms with van der Waals surface area (Å²) in [5.74, 6) is -0.134. The van der Waals surface area contributed by atoms with Crippen LogP contribution < -0.4 is 5.73 Å².